The second-order valence-electron chi connectivity index (χ2n) is 3.68. The predicted molar refractivity (Wildman–Crippen MR) is 64.9 cm³/mol. The molecule has 0 unspecified atom stereocenters. The van der Waals surface area contributed by atoms with Crippen molar-refractivity contribution in [3.05, 3.63) is 29.3 Å². The molecule has 0 aliphatic rings. The first-order valence-corrected chi connectivity index (χ1v) is 5.44. The van der Waals surface area contributed by atoms with Crippen LogP contribution in [0.15, 0.2) is 18.2 Å². The van der Waals surface area contributed by atoms with Crippen molar-refractivity contribution >= 4 is 5.91 Å². The van der Waals surface area contributed by atoms with Crippen LogP contribution in [-0.2, 0) is 0 Å². The van der Waals surface area contributed by atoms with Crippen LogP contribution in [0, 0.1) is 18.3 Å². The molecule has 4 heteroatoms. The molecule has 0 atom stereocenters. The standard InChI is InChI=1S/C13H16N2O2/c1-4-15(8-7-14)13(16)11-9-10(2)5-6-12(11)17-3/h5-6,9H,4,8H2,1-3H3. The Morgan fingerprint density at radius 3 is 2.76 bits per heavy atom. The minimum Gasteiger partial charge on any atom is -0.496 e. The van der Waals surface area contributed by atoms with E-state index >= 15 is 0 Å². The van der Waals surface area contributed by atoms with Gasteiger partial charge in [0.05, 0.1) is 18.7 Å². The number of carbonyl (C=O) groups is 1. The Labute approximate surface area is 101 Å². The van der Waals surface area contributed by atoms with Crippen LogP contribution in [0.4, 0.5) is 0 Å². The fourth-order valence-corrected chi connectivity index (χ4v) is 1.57. The van der Waals surface area contributed by atoms with Crippen molar-refractivity contribution in [3.63, 3.8) is 0 Å². The molecular formula is C13H16N2O2. The highest BCUT2D eigenvalue weighted by Gasteiger charge is 2.18. The van der Waals surface area contributed by atoms with Gasteiger partial charge in [-0.3, -0.25) is 4.79 Å². The highest BCUT2D eigenvalue weighted by atomic mass is 16.5. The summed E-state index contributed by atoms with van der Waals surface area (Å²) in [4.78, 5) is 13.7. The number of methoxy groups -OCH3 is 1. The van der Waals surface area contributed by atoms with E-state index in [1.54, 1.807) is 12.1 Å². The number of benzene rings is 1. The van der Waals surface area contributed by atoms with Gasteiger partial charge in [0.15, 0.2) is 0 Å². The summed E-state index contributed by atoms with van der Waals surface area (Å²) in [7, 11) is 1.53. The van der Waals surface area contributed by atoms with Crippen LogP contribution in [0.2, 0.25) is 0 Å². The Morgan fingerprint density at radius 2 is 2.24 bits per heavy atom. The van der Waals surface area contributed by atoms with E-state index in [1.807, 2.05) is 26.0 Å². The van der Waals surface area contributed by atoms with Gasteiger partial charge in [-0.05, 0) is 26.0 Å². The smallest absolute Gasteiger partial charge is 0.258 e. The van der Waals surface area contributed by atoms with Gasteiger partial charge in [0, 0.05) is 6.54 Å². The Morgan fingerprint density at radius 1 is 1.53 bits per heavy atom. The van der Waals surface area contributed by atoms with Gasteiger partial charge in [-0.2, -0.15) is 5.26 Å². The summed E-state index contributed by atoms with van der Waals surface area (Å²) in [5.41, 5.74) is 1.49. The number of rotatable bonds is 4. The summed E-state index contributed by atoms with van der Waals surface area (Å²) in [6.45, 7) is 4.35. The number of nitrogens with zero attached hydrogens (tertiary/aromatic N) is 2. The lowest BCUT2D eigenvalue weighted by molar-refractivity contribution is 0.0780. The molecule has 0 radical (unpaired) electrons. The van der Waals surface area contributed by atoms with Crippen LogP contribution in [0.3, 0.4) is 0 Å². The van der Waals surface area contributed by atoms with Crippen LogP contribution in [0.5, 0.6) is 5.75 Å². The monoisotopic (exact) mass is 232 g/mol. The second kappa shape index (κ2) is 5.90. The van der Waals surface area contributed by atoms with Gasteiger partial charge >= 0.3 is 0 Å². The lowest BCUT2D eigenvalue weighted by atomic mass is 10.1. The van der Waals surface area contributed by atoms with Crippen LogP contribution >= 0.6 is 0 Å². The molecule has 0 aliphatic heterocycles. The Balaban J connectivity index is 3.10. The fourth-order valence-electron chi connectivity index (χ4n) is 1.57. The molecule has 17 heavy (non-hydrogen) atoms. The van der Waals surface area contributed by atoms with Crippen molar-refractivity contribution in [2.75, 3.05) is 20.2 Å². The van der Waals surface area contributed by atoms with Gasteiger partial charge in [0.25, 0.3) is 5.91 Å². The van der Waals surface area contributed by atoms with Gasteiger partial charge in [-0.1, -0.05) is 11.6 Å². The van der Waals surface area contributed by atoms with E-state index in [0.717, 1.165) is 5.56 Å². The summed E-state index contributed by atoms with van der Waals surface area (Å²) >= 11 is 0. The molecule has 1 aromatic carbocycles. The van der Waals surface area contributed by atoms with Crippen LogP contribution < -0.4 is 4.74 Å². The van der Waals surface area contributed by atoms with E-state index < -0.39 is 0 Å². The molecule has 0 spiro atoms. The first-order valence-electron chi connectivity index (χ1n) is 5.44. The molecule has 0 heterocycles. The maximum atomic E-state index is 12.2. The Hall–Kier alpha value is -2.02. The molecule has 1 aromatic rings. The maximum absolute atomic E-state index is 12.2. The van der Waals surface area contributed by atoms with Crippen LogP contribution in [0.25, 0.3) is 0 Å². The van der Waals surface area contributed by atoms with Gasteiger partial charge in [-0.25, -0.2) is 0 Å². The molecule has 1 amide bonds. The predicted octanol–water partition coefficient (Wildman–Crippen LogP) is 1.99. The normalized spacial score (nSPS) is 9.53. The number of hydrogen-bond acceptors (Lipinski definition) is 3. The van der Waals surface area contributed by atoms with Crippen molar-refractivity contribution in [2.45, 2.75) is 13.8 Å². The van der Waals surface area contributed by atoms with E-state index in [2.05, 4.69) is 0 Å². The average Bonchev–Trinajstić information content (AvgIpc) is 2.35. The van der Waals surface area contributed by atoms with Crippen molar-refractivity contribution in [2.24, 2.45) is 0 Å². The van der Waals surface area contributed by atoms with Crippen molar-refractivity contribution < 1.29 is 9.53 Å². The zero-order valence-corrected chi connectivity index (χ0v) is 10.4. The SMILES string of the molecule is CCN(CC#N)C(=O)c1cc(C)ccc1OC. The van der Waals surface area contributed by atoms with Gasteiger partial charge in [-0.15, -0.1) is 0 Å². The summed E-state index contributed by atoms with van der Waals surface area (Å²) in [5.74, 6) is 0.367. The summed E-state index contributed by atoms with van der Waals surface area (Å²) in [5, 5.41) is 8.67. The molecule has 0 N–H and O–H groups in total. The van der Waals surface area contributed by atoms with E-state index in [0.29, 0.717) is 17.9 Å². The quantitative estimate of drug-likeness (QED) is 0.746. The van der Waals surface area contributed by atoms with Gasteiger partial charge in [0.1, 0.15) is 12.3 Å². The van der Waals surface area contributed by atoms with Gasteiger partial charge < -0.3 is 9.64 Å². The average molecular weight is 232 g/mol. The molecule has 0 bridgehead atoms. The Kier molecular flexibility index (Phi) is 4.53. The second-order valence-corrected chi connectivity index (χ2v) is 3.68. The van der Waals surface area contributed by atoms with E-state index in [-0.39, 0.29) is 12.5 Å². The van der Waals surface area contributed by atoms with E-state index in [9.17, 15) is 4.79 Å². The molecule has 0 saturated heterocycles. The maximum Gasteiger partial charge on any atom is 0.258 e. The third-order valence-electron chi connectivity index (χ3n) is 2.52. The van der Waals surface area contributed by atoms with Crippen molar-refractivity contribution in [1.29, 1.82) is 5.26 Å². The Bertz CT molecular complexity index is 449. The summed E-state index contributed by atoms with van der Waals surface area (Å²) < 4.78 is 5.16. The summed E-state index contributed by atoms with van der Waals surface area (Å²) in [6.07, 6.45) is 0. The molecule has 0 saturated carbocycles. The number of hydrogen-bond donors (Lipinski definition) is 0. The first kappa shape index (κ1) is 13.0. The molecule has 1 rings (SSSR count). The number of nitriles is 1. The number of aryl methyl sites for hydroxylation is 1. The molecule has 0 fully saturated rings. The minimum atomic E-state index is -0.172. The van der Waals surface area contributed by atoms with Crippen molar-refractivity contribution in [3.8, 4) is 11.8 Å². The zero-order valence-electron chi connectivity index (χ0n) is 10.4. The number of carbonyl (C=O) groups excluding carboxylic acids is 1. The molecule has 0 aromatic heterocycles. The van der Waals surface area contributed by atoms with Crippen LogP contribution in [0.1, 0.15) is 22.8 Å². The minimum absolute atomic E-state index is 0.0897. The molecule has 90 valence electrons. The first-order chi connectivity index (χ1) is 8.13. The van der Waals surface area contributed by atoms with Crippen LogP contribution in [-0.4, -0.2) is 31.0 Å². The lowest BCUT2D eigenvalue weighted by Crippen LogP contribution is -2.31. The number of ether oxygens (including phenoxy) is 1. The zero-order chi connectivity index (χ0) is 12.8. The van der Waals surface area contributed by atoms with Crippen molar-refractivity contribution in [1.82, 2.24) is 4.90 Å². The van der Waals surface area contributed by atoms with E-state index in [4.69, 9.17) is 10.00 Å². The third kappa shape index (κ3) is 2.97. The highest BCUT2D eigenvalue weighted by molar-refractivity contribution is 5.97. The van der Waals surface area contributed by atoms with E-state index in [1.165, 1.54) is 12.0 Å². The lowest BCUT2D eigenvalue weighted by Gasteiger charge is -2.19. The topological polar surface area (TPSA) is 53.3 Å². The number of amides is 1. The third-order valence-corrected chi connectivity index (χ3v) is 2.52. The fraction of sp³-hybridized carbons (Fsp3) is 0.385. The summed E-state index contributed by atoms with van der Waals surface area (Å²) in [6, 6.07) is 7.42. The largest absolute Gasteiger partial charge is 0.496 e. The molecule has 4 nitrogen and oxygen atoms in total. The molecular weight excluding hydrogens is 216 g/mol. The highest BCUT2D eigenvalue weighted by Crippen LogP contribution is 2.21. The molecule has 0 aliphatic carbocycles. The van der Waals surface area contributed by atoms with Gasteiger partial charge in [0.2, 0.25) is 0 Å².